The zero-order chi connectivity index (χ0) is 21.1. The monoisotopic (exact) mass is 430 g/mol. The van der Waals surface area contributed by atoms with Crippen LogP contribution in [0.25, 0.3) is 6.08 Å². The van der Waals surface area contributed by atoms with Gasteiger partial charge in [-0.15, -0.1) is 0 Å². The highest BCUT2D eigenvalue weighted by Gasteiger charge is 2.33. The lowest BCUT2D eigenvalue weighted by atomic mass is 10.0. The van der Waals surface area contributed by atoms with Crippen LogP contribution in [0.1, 0.15) is 15.9 Å². The predicted molar refractivity (Wildman–Crippen MR) is 113 cm³/mol. The molecule has 1 fully saturated rings. The normalized spacial score (nSPS) is 15.0. The van der Waals surface area contributed by atoms with Crippen LogP contribution in [0, 0.1) is 0 Å². The van der Waals surface area contributed by atoms with E-state index in [-0.39, 0.29) is 33.4 Å². The van der Waals surface area contributed by atoms with E-state index in [4.69, 9.17) is 26.4 Å². The standard InChI is InChI=1S/C20H17NO6S2/c1-25-13-7-5-12(6-8-13)21-18(22)15(29-20(21)28)10-11-4-9-14(26-2)17(27-3)16(11)19(23)24/h4-10H,1-3H3,(H,23,24)/p-1/b15-10-. The third-order valence-corrected chi connectivity index (χ3v) is 5.50. The Kier molecular flexibility index (Phi) is 6.09. The molecule has 1 amide bonds. The topological polar surface area (TPSA) is 88.1 Å². The first-order chi connectivity index (χ1) is 13.9. The number of nitrogens with zero attached hydrogens (tertiary/aromatic N) is 1. The van der Waals surface area contributed by atoms with Gasteiger partial charge in [0.05, 0.1) is 43.5 Å². The van der Waals surface area contributed by atoms with E-state index in [1.165, 1.54) is 31.3 Å². The smallest absolute Gasteiger partial charge is 0.270 e. The first kappa shape index (κ1) is 20.7. The molecule has 150 valence electrons. The molecule has 7 nitrogen and oxygen atoms in total. The number of benzene rings is 2. The first-order valence-corrected chi connectivity index (χ1v) is 9.52. The van der Waals surface area contributed by atoms with Crippen LogP contribution in [-0.4, -0.2) is 37.5 Å². The second-order valence-corrected chi connectivity index (χ2v) is 7.44. The summed E-state index contributed by atoms with van der Waals surface area (Å²) in [5.41, 5.74) is 0.628. The van der Waals surface area contributed by atoms with Crippen molar-refractivity contribution in [1.82, 2.24) is 0 Å². The molecular formula is C20H16NO6S2-. The maximum absolute atomic E-state index is 12.9. The Bertz CT molecular complexity index is 1020. The van der Waals surface area contributed by atoms with Gasteiger partial charge in [0.1, 0.15) is 5.75 Å². The van der Waals surface area contributed by atoms with Crippen molar-refractivity contribution in [2.24, 2.45) is 0 Å². The number of carbonyl (C=O) groups excluding carboxylic acids is 2. The number of carbonyl (C=O) groups is 2. The van der Waals surface area contributed by atoms with E-state index in [0.29, 0.717) is 15.8 Å². The van der Waals surface area contributed by atoms with Gasteiger partial charge in [0.15, 0.2) is 15.8 Å². The van der Waals surface area contributed by atoms with E-state index < -0.39 is 5.97 Å². The molecule has 2 aromatic carbocycles. The summed E-state index contributed by atoms with van der Waals surface area (Å²) in [5, 5.41) is 11.7. The van der Waals surface area contributed by atoms with Crippen LogP contribution in [-0.2, 0) is 4.79 Å². The maximum Gasteiger partial charge on any atom is 0.270 e. The molecule has 0 bridgehead atoms. The molecule has 2 aromatic rings. The Morgan fingerprint density at radius 1 is 1.07 bits per heavy atom. The van der Waals surface area contributed by atoms with Crippen LogP contribution in [0.2, 0.25) is 0 Å². The zero-order valence-corrected chi connectivity index (χ0v) is 17.4. The molecule has 0 spiro atoms. The molecule has 1 aliphatic heterocycles. The Morgan fingerprint density at radius 3 is 2.31 bits per heavy atom. The van der Waals surface area contributed by atoms with E-state index in [9.17, 15) is 14.7 Å². The van der Waals surface area contributed by atoms with Gasteiger partial charge in [-0.05, 0) is 42.0 Å². The number of thiocarbonyl (C=S) groups is 1. The van der Waals surface area contributed by atoms with Crippen molar-refractivity contribution in [3.05, 3.63) is 52.4 Å². The van der Waals surface area contributed by atoms with Gasteiger partial charge in [0.2, 0.25) is 0 Å². The third-order valence-electron chi connectivity index (χ3n) is 4.19. The summed E-state index contributed by atoms with van der Waals surface area (Å²) in [7, 11) is 4.28. The first-order valence-electron chi connectivity index (χ1n) is 8.29. The summed E-state index contributed by atoms with van der Waals surface area (Å²) in [6.07, 6.45) is 1.45. The fourth-order valence-corrected chi connectivity index (χ4v) is 4.13. The minimum atomic E-state index is -1.45. The number of hydrogen-bond acceptors (Lipinski definition) is 8. The SMILES string of the molecule is COc1ccc(N2C(=O)/C(=C/c3ccc(OC)c(OC)c3C(=O)[O-])SC2=S)cc1. The van der Waals surface area contributed by atoms with E-state index >= 15 is 0 Å². The van der Waals surface area contributed by atoms with Gasteiger partial charge in [0, 0.05) is 0 Å². The molecule has 0 radical (unpaired) electrons. The number of anilines is 1. The molecule has 0 saturated carbocycles. The molecule has 29 heavy (non-hydrogen) atoms. The van der Waals surface area contributed by atoms with Gasteiger partial charge in [-0.2, -0.15) is 0 Å². The minimum Gasteiger partial charge on any atom is -0.545 e. The third kappa shape index (κ3) is 3.92. The molecule has 9 heteroatoms. The van der Waals surface area contributed by atoms with Crippen LogP contribution in [0.4, 0.5) is 5.69 Å². The Morgan fingerprint density at radius 2 is 1.76 bits per heavy atom. The highest BCUT2D eigenvalue weighted by atomic mass is 32.2. The number of hydrogen-bond donors (Lipinski definition) is 0. The van der Waals surface area contributed by atoms with Crippen LogP contribution in [0.15, 0.2) is 41.3 Å². The summed E-state index contributed by atoms with van der Waals surface area (Å²) in [4.78, 5) is 26.3. The second kappa shape index (κ2) is 8.54. The van der Waals surface area contributed by atoms with Gasteiger partial charge < -0.3 is 24.1 Å². The van der Waals surface area contributed by atoms with Crippen LogP contribution < -0.4 is 24.2 Å². The summed E-state index contributed by atoms with van der Waals surface area (Å²) >= 11 is 6.43. The van der Waals surface area contributed by atoms with Gasteiger partial charge in [-0.25, -0.2) is 0 Å². The van der Waals surface area contributed by atoms with Crippen molar-refractivity contribution in [2.75, 3.05) is 26.2 Å². The van der Waals surface area contributed by atoms with E-state index in [2.05, 4.69) is 0 Å². The van der Waals surface area contributed by atoms with Crippen molar-refractivity contribution in [1.29, 1.82) is 0 Å². The van der Waals surface area contributed by atoms with Gasteiger partial charge in [-0.3, -0.25) is 9.69 Å². The fourth-order valence-electron chi connectivity index (χ4n) is 2.84. The molecule has 0 atom stereocenters. The highest BCUT2D eigenvalue weighted by molar-refractivity contribution is 8.27. The molecule has 1 aliphatic rings. The van der Waals surface area contributed by atoms with Crippen molar-refractivity contribution < 1.29 is 28.9 Å². The number of carboxylic acid groups (broad SMARTS) is 1. The number of rotatable bonds is 6. The second-order valence-electron chi connectivity index (χ2n) is 5.77. The van der Waals surface area contributed by atoms with E-state index in [1.807, 2.05) is 0 Å². The van der Waals surface area contributed by atoms with Crippen LogP contribution in [0.5, 0.6) is 17.2 Å². The zero-order valence-electron chi connectivity index (χ0n) is 15.8. The van der Waals surface area contributed by atoms with Gasteiger partial charge in [-0.1, -0.05) is 30.0 Å². The van der Waals surface area contributed by atoms with E-state index in [1.54, 1.807) is 37.4 Å². The molecule has 1 saturated heterocycles. The summed E-state index contributed by atoms with van der Waals surface area (Å²) in [6, 6.07) is 9.96. The van der Waals surface area contributed by atoms with E-state index in [0.717, 1.165) is 11.8 Å². The Labute approximate surface area is 176 Å². The molecule has 0 N–H and O–H groups in total. The number of methoxy groups -OCH3 is 3. The largest absolute Gasteiger partial charge is 0.545 e. The maximum atomic E-state index is 12.9. The Balaban J connectivity index is 2.02. The summed E-state index contributed by atoms with van der Waals surface area (Å²) in [5.74, 6) is -0.887. The molecule has 0 aliphatic carbocycles. The van der Waals surface area contributed by atoms with Crippen molar-refractivity contribution >= 4 is 51.9 Å². The van der Waals surface area contributed by atoms with Crippen LogP contribution in [0.3, 0.4) is 0 Å². The molecular weight excluding hydrogens is 414 g/mol. The number of ether oxygens (including phenoxy) is 3. The van der Waals surface area contributed by atoms with Crippen molar-refractivity contribution in [2.45, 2.75) is 0 Å². The average Bonchev–Trinajstić information content (AvgIpc) is 3.00. The quantitative estimate of drug-likeness (QED) is 0.510. The average molecular weight is 430 g/mol. The summed E-state index contributed by atoms with van der Waals surface area (Å²) in [6.45, 7) is 0. The Hall–Kier alpha value is -3.04. The number of aromatic carboxylic acids is 1. The molecule has 3 rings (SSSR count). The predicted octanol–water partition coefficient (Wildman–Crippen LogP) is 2.48. The fraction of sp³-hybridized carbons (Fsp3) is 0.150. The number of thioether (sulfide) groups is 1. The lowest BCUT2D eigenvalue weighted by Crippen LogP contribution is -2.27. The highest BCUT2D eigenvalue weighted by Crippen LogP contribution is 2.39. The number of carboxylic acids is 1. The molecule has 0 aromatic heterocycles. The summed E-state index contributed by atoms with van der Waals surface area (Å²) < 4.78 is 15.8. The molecule has 0 unspecified atom stereocenters. The minimum absolute atomic E-state index is 0.0203. The lowest BCUT2D eigenvalue weighted by molar-refractivity contribution is -0.255. The van der Waals surface area contributed by atoms with Gasteiger partial charge in [0.25, 0.3) is 5.91 Å². The molecule has 1 heterocycles. The van der Waals surface area contributed by atoms with Crippen LogP contribution >= 0.6 is 24.0 Å². The lowest BCUT2D eigenvalue weighted by Gasteiger charge is -2.16. The van der Waals surface area contributed by atoms with Gasteiger partial charge >= 0.3 is 0 Å². The van der Waals surface area contributed by atoms with Crippen molar-refractivity contribution in [3.8, 4) is 17.2 Å². The number of amides is 1. The van der Waals surface area contributed by atoms with Crippen molar-refractivity contribution in [3.63, 3.8) is 0 Å².